The third kappa shape index (κ3) is 4.82. The number of carbonyl (C=O) groups is 2. The van der Waals surface area contributed by atoms with Crippen molar-refractivity contribution >= 4 is 11.9 Å². The second kappa shape index (κ2) is 8.59. The highest BCUT2D eigenvalue weighted by molar-refractivity contribution is 5.88. The van der Waals surface area contributed by atoms with Gasteiger partial charge >= 0.3 is 5.97 Å². The van der Waals surface area contributed by atoms with Crippen molar-refractivity contribution in [2.45, 2.75) is 70.9 Å². The van der Waals surface area contributed by atoms with E-state index in [1.807, 2.05) is 32.9 Å². The quantitative estimate of drug-likeness (QED) is 0.747. The summed E-state index contributed by atoms with van der Waals surface area (Å²) in [4.78, 5) is 25.0. The molecule has 0 saturated heterocycles. The molecule has 0 radical (unpaired) electrons. The lowest BCUT2D eigenvalue weighted by Gasteiger charge is -2.42. The van der Waals surface area contributed by atoms with E-state index >= 15 is 0 Å². The number of carbonyl (C=O) groups excluding carboxylic acids is 1. The number of carboxylic acids is 1. The van der Waals surface area contributed by atoms with Crippen LogP contribution in [-0.4, -0.2) is 35.7 Å². The van der Waals surface area contributed by atoms with Gasteiger partial charge in [0.1, 0.15) is 5.54 Å². The van der Waals surface area contributed by atoms with E-state index < -0.39 is 11.5 Å². The number of nitrogens with one attached hydrogen (secondary N) is 1. The first-order chi connectivity index (χ1) is 13.7. The molecule has 5 nitrogen and oxygen atoms in total. The van der Waals surface area contributed by atoms with E-state index in [4.69, 9.17) is 4.74 Å². The topological polar surface area (TPSA) is 75.6 Å². The molecule has 0 heterocycles. The first-order valence-corrected chi connectivity index (χ1v) is 10.4. The standard InChI is InChI=1S/C24H31NO4/c1-15-11-19(8-7-18-5-6-18)12-16(2)21(15)14-22(26)25-24(23(27)28)10-9-20(29-4)13-17(24)3/h11-12,17-18,20H,5-6,9-10,13-14H2,1-4H3,(H,25,26)(H,27,28)/t17-,20?,24-/m0/s1. The molecular weight excluding hydrogens is 366 g/mol. The van der Waals surface area contributed by atoms with E-state index in [2.05, 4.69) is 17.2 Å². The number of rotatable bonds is 5. The fraction of sp³-hybridized carbons (Fsp3) is 0.583. The molecule has 2 saturated carbocycles. The van der Waals surface area contributed by atoms with Crippen LogP contribution < -0.4 is 5.32 Å². The normalized spacial score (nSPS) is 26.3. The van der Waals surface area contributed by atoms with Gasteiger partial charge in [-0.25, -0.2) is 4.79 Å². The van der Waals surface area contributed by atoms with Crippen LogP contribution in [0.25, 0.3) is 0 Å². The van der Waals surface area contributed by atoms with E-state index in [9.17, 15) is 14.7 Å². The molecule has 1 aromatic carbocycles. The van der Waals surface area contributed by atoms with E-state index in [0.29, 0.717) is 25.2 Å². The minimum atomic E-state index is -1.23. The van der Waals surface area contributed by atoms with Crippen molar-refractivity contribution in [2.24, 2.45) is 11.8 Å². The lowest BCUT2D eigenvalue weighted by atomic mass is 9.72. The van der Waals surface area contributed by atoms with E-state index in [1.54, 1.807) is 7.11 Å². The molecule has 3 atom stereocenters. The van der Waals surface area contributed by atoms with Gasteiger partial charge in [0.25, 0.3) is 0 Å². The average Bonchev–Trinajstić information content (AvgIpc) is 3.49. The summed E-state index contributed by atoms with van der Waals surface area (Å²) in [5, 5.41) is 12.8. The summed E-state index contributed by atoms with van der Waals surface area (Å²) in [6.45, 7) is 5.85. The predicted octanol–water partition coefficient (Wildman–Crippen LogP) is 3.38. The van der Waals surface area contributed by atoms with Crippen LogP contribution in [0.4, 0.5) is 0 Å². The van der Waals surface area contributed by atoms with Crippen molar-refractivity contribution in [1.29, 1.82) is 0 Å². The maximum absolute atomic E-state index is 12.9. The van der Waals surface area contributed by atoms with Gasteiger partial charge < -0.3 is 15.2 Å². The lowest BCUT2D eigenvalue weighted by Crippen LogP contribution is -2.61. The number of methoxy groups -OCH3 is 1. The van der Waals surface area contributed by atoms with Gasteiger partial charge in [0.2, 0.25) is 5.91 Å². The van der Waals surface area contributed by atoms with Crippen LogP contribution in [0.5, 0.6) is 0 Å². The Bertz CT molecular complexity index is 838. The number of ether oxygens (including phenoxy) is 1. The van der Waals surface area contributed by atoms with Gasteiger partial charge in [-0.15, -0.1) is 0 Å². The van der Waals surface area contributed by atoms with E-state index in [1.165, 1.54) is 12.8 Å². The van der Waals surface area contributed by atoms with Gasteiger partial charge in [0.05, 0.1) is 12.5 Å². The fourth-order valence-electron chi connectivity index (χ4n) is 4.33. The van der Waals surface area contributed by atoms with Crippen molar-refractivity contribution in [3.8, 4) is 11.8 Å². The van der Waals surface area contributed by atoms with Gasteiger partial charge in [-0.3, -0.25) is 4.79 Å². The highest BCUT2D eigenvalue weighted by Gasteiger charge is 2.48. The maximum atomic E-state index is 12.9. The Hall–Kier alpha value is -2.32. The minimum Gasteiger partial charge on any atom is -0.479 e. The van der Waals surface area contributed by atoms with Crippen LogP contribution in [0.2, 0.25) is 0 Å². The second-order valence-electron chi connectivity index (χ2n) is 8.67. The third-order valence-corrected chi connectivity index (χ3v) is 6.43. The van der Waals surface area contributed by atoms with Crippen LogP contribution in [0, 0.1) is 37.5 Å². The molecule has 2 fully saturated rings. The zero-order chi connectivity index (χ0) is 21.2. The summed E-state index contributed by atoms with van der Waals surface area (Å²) in [5.74, 6) is 5.62. The third-order valence-electron chi connectivity index (χ3n) is 6.43. The molecule has 2 aliphatic rings. The molecule has 1 aromatic rings. The van der Waals surface area contributed by atoms with Crippen LogP contribution in [0.1, 0.15) is 61.3 Å². The summed E-state index contributed by atoms with van der Waals surface area (Å²) in [6.07, 6.45) is 4.22. The van der Waals surface area contributed by atoms with Crippen LogP contribution in [0.3, 0.4) is 0 Å². The van der Waals surface area contributed by atoms with Gasteiger partial charge in [-0.1, -0.05) is 18.8 Å². The van der Waals surface area contributed by atoms with Crippen LogP contribution in [0.15, 0.2) is 12.1 Å². The monoisotopic (exact) mass is 397 g/mol. The molecule has 0 aliphatic heterocycles. The van der Waals surface area contributed by atoms with Crippen molar-refractivity contribution in [2.75, 3.05) is 7.11 Å². The molecule has 2 aliphatic carbocycles. The van der Waals surface area contributed by atoms with Crippen molar-refractivity contribution in [3.63, 3.8) is 0 Å². The van der Waals surface area contributed by atoms with Crippen molar-refractivity contribution in [3.05, 3.63) is 34.4 Å². The first-order valence-electron chi connectivity index (χ1n) is 10.4. The molecule has 0 bridgehead atoms. The average molecular weight is 398 g/mol. The molecule has 29 heavy (non-hydrogen) atoms. The van der Waals surface area contributed by atoms with Crippen LogP contribution in [-0.2, 0) is 20.7 Å². The smallest absolute Gasteiger partial charge is 0.329 e. The summed E-state index contributed by atoms with van der Waals surface area (Å²) < 4.78 is 5.40. The Balaban J connectivity index is 1.74. The Morgan fingerprint density at radius 2 is 1.90 bits per heavy atom. The minimum absolute atomic E-state index is 0.0446. The number of aliphatic carboxylic acids is 1. The Morgan fingerprint density at radius 1 is 1.24 bits per heavy atom. The Labute approximate surface area is 173 Å². The Morgan fingerprint density at radius 3 is 2.41 bits per heavy atom. The number of hydrogen-bond acceptors (Lipinski definition) is 3. The molecule has 3 rings (SSSR count). The second-order valence-corrected chi connectivity index (χ2v) is 8.67. The maximum Gasteiger partial charge on any atom is 0.329 e. The molecule has 156 valence electrons. The predicted molar refractivity (Wildman–Crippen MR) is 112 cm³/mol. The van der Waals surface area contributed by atoms with Crippen molar-refractivity contribution in [1.82, 2.24) is 5.32 Å². The zero-order valence-corrected chi connectivity index (χ0v) is 17.8. The molecule has 0 aromatic heterocycles. The summed E-state index contributed by atoms with van der Waals surface area (Å²) >= 11 is 0. The van der Waals surface area contributed by atoms with Crippen molar-refractivity contribution < 1.29 is 19.4 Å². The summed E-state index contributed by atoms with van der Waals surface area (Å²) in [6, 6.07) is 4.04. The molecule has 1 unspecified atom stereocenters. The van der Waals surface area contributed by atoms with Gasteiger partial charge in [-0.2, -0.15) is 0 Å². The fourth-order valence-corrected chi connectivity index (χ4v) is 4.33. The van der Waals surface area contributed by atoms with Crippen LogP contribution >= 0.6 is 0 Å². The highest BCUT2D eigenvalue weighted by atomic mass is 16.5. The molecular formula is C24H31NO4. The number of amides is 1. The first kappa shape index (κ1) is 21.4. The van der Waals surface area contributed by atoms with E-state index in [-0.39, 0.29) is 24.3 Å². The zero-order valence-electron chi connectivity index (χ0n) is 17.8. The molecule has 1 amide bonds. The lowest BCUT2D eigenvalue weighted by molar-refractivity contribution is -0.153. The number of carboxylic acid groups (broad SMARTS) is 1. The van der Waals surface area contributed by atoms with Gasteiger partial charge in [0.15, 0.2) is 0 Å². The molecule has 2 N–H and O–H groups in total. The number of aryl methyl sites for hydroxylation is 2. The Kier molecular flexibility index (Phi) is 6.33. The van der Waals surface area contributed by atoms with E-state index in [0.717, 1.165) is 22.3 Å². The summed E-state index contributed by atoms with van der Waals surface area (Å²) in [7, 11) is 1.65. The number of hydrogen-bond donors (Lipinski definition) is 2. The number of benzene rings is 1. The highest BCUT2D eigenvalue weighted by Crippen LogP contribution is 2.35. The molecule has 5 heteroatoms. The largest absolute Gasteiger partial charge is 0.479 e. The van der Waals surface area contributed by atoms with Gasteiger partial charge in [-0.05, 0) is 80.7 Å². The molecule has 0 spiro atoms. The summed E-state index contributed by atoms with van der Waals surface area (Å²) in [5.41, 5.74) is 2.72. The SMILES string of the molecule is COC1CC[C@@](NC(=O)Cc2c(C)cc(C#CC3CC3)cc2C)(C(=O)O)[C@@H](C)C1. The van der Waals surface area contributed by atoms with Gasteiger partial charge in [0, 0.05) is 18.6 Å².